The zero-order chi connectivity index (χ0) is 29.4. The first-order valence-electron chi connectivity index (χ1n) is 13.3. The van der Waals surface area contributed by atoms with Crippen LogP contribution in [0.25, 0.3) is 22.4 Å². The van der Waals surface area contributed by atoms with Gasteiger partial charge >= 0.3 is 6.03 Å². The highest BCUT2D eigenvalue weighted by Gasteiger charge is 2.39. The number of carbonyl (C=O) groups excluding carboxylic acids is 3. The van der Waals surface area contributed by atoms with E-state index in [1.807, 2.05) is 49.4 Å². The Morgan fingerprint density at radius 2 is 1.73 bits per heavy atom. The zero-order valence-electron chi connectivity index (χ0n) is 23.3. The van der Waals surface area contributed by atoms with Gasteiger partial charge in [-0.3, -0.25) is 19.4 Å². The number of urea groups is 1. The molecular formula is C30H32ClN5O5. The molecule has 5 rings (SSSR count). The molecule has 4 amide bonds. The molecule has 0 bridgehead atoms. The number of nitrogens with zero attached hydrogens (tertiary/aromatic N) is 4. The molecule has 0 aliphatic carbocycles. The number of amides is 4. The monoisotopic (exact) mass is 577 g/mol. The van der Waals surface area contributed by atoms with Gasteiger partial charge in [-0.2, -0.15) is 0 Å². The maximum atomic E-state index is 13.1. The van der Waals surface area contributed by atoms with Crippen LogP contribution in [-0.4, -0.2) is 89.6 Å². The number of ether oxygens (including phenoxy) is 1. The van der Waals surface area contributed by atoms with Crippen LogP contribution in [0.2, 0.25) is 5.02 Å². The number of pyridine rings is 1. The Hall–Kier alpha value is -3.99. The predicted molar refractivity (Wildman–Crippen MR) is 156 cm³/mol. The van der Waals surface area contributed by atoms with Gasteiger partial charge in [0, 0.05) is 62.7 Å². The number of aliphatic hydroxyl groups excluding tert-OH is 1. The van der Waals surface area contributed by atoms with Gasteiger partial charge in [-0.25, -0.2) is 9.78 Å². The van der Waals surface area contributed by atoms with Gasteiger partial charge in [0.25, 0.3) is 0 Å². The quantitative estimate of drug-likeness (QED) is 0.412. The second kappa shape index (κ2) is 11.5. The fourth-order valence-electron chi connectivity index (χ4n) is 5.26. The number of rotatable bonds is 7. The Labute approximate surface area is 243 Å². The molecule has 2 aliphatic heterocycles. The lowest BCUT2D eigenvalue weighted by Gasteiger charge is -2.35. The molecule has 2 fully saturated rings. The Morgan fingerprint density at radius 1 is 1.05 bits per heavy atom. The second-order valence-corrected chi connectivity index (χ2v) is 10.8. The summed E-state index contributed by atoms with van der Waals surface area (Å²) >= 11 is 6.97. The Balaban J connectivity index is 1.41. The van der Waals surface area contributed by atoms with Gasteiger partial charge in [-0.05, 0) is 30.2 Å². The van der Waals surface area contributed by atoms with Crippen molar-refractivity contribution in [1.82, 2.24) is 19.7 Å². The number of nitrogens with one attached hydrogen (secondary N) is 1. The van der Waals surface area contributed by atoms with Gasteiger partial charge in [0.05, 0.1) is 23.9 Å². The number of likely N-dealkylation sites (tertiary alicyclic amines) is 1. The number of carbonyl (C=O) groups is 3. The third kappa shape index (κ3) is 5.50. The first-order valence-corrected chi connectivity index (χ1v) is 13.6. The summed E-state index contributed by atoms with van der Waals surface area (Å²) in [6, 6.07) is 14.6. The summed E-state index contributed by atoms with van der Waals surface area (Å²) in [5.74, 6) is -1.52. The fourth-order valence-corrected chi connectivity index (χ4v) is 5.58. The number of benzene rings is 2. The molecule has 3 heterocycles. The van der Waals surface area contributed by atoms with Gasteiger partial charge in [0.15, 0.2) is 0 Å². The molecule has 2 aromatic carbocycles. The van der Waals surface area contributed by atoms with Crippen LogP contribution in [0.1, 0.15) is 11.1 Å². The Kier molecular flexibility index (Phi) is 7.99. The Bertz CT molecular complexity index is 1520. The summed E-state index contributed by atoms with van der Waals surface area (Å²) in [5.41, 5.74) is 5.20. The number of imide groups is 1. The highest BCUT2D eigenvalue weighted by molar-refractivity contribution is 6.36. The van der Waals surface area contributed by atoms with Gasteiger partial charge < -0.3 is 20.1 Å². The smallest absolute Gasteiger partial charge is 0.326 e. The molecule has 1 aromatic heterocycles. The summed E-state index contributed by atoms with van der Waals surface area (Å²) in [7, 11) is 4.51. The van der Waals surface area contributed by atoms with Crippen LogP contribution >= 0.6 is 11.6 Å². The van der Waals surface area contributed by atoms with E-state index < -0.39 is 23.8 Å². The van der Waals surface area contributed by atoms with Crippen LogP contribution in [0.15, 0.2) is 48.5 Å². The van der Waals surface area contributed by atoms with Gasteiger partial charge in [-0.1, -0.05) is 48.0 Å². The molecule has 0 spiro atoms. The van der Waals surface area contributed by atoms with E-state index in [2.05, 4.69) is 10.2 Å². The topological polar surface area (TPSA) is 115 Å². The molecule has 0 radical (unpaired) electrons. The summed E-state index contributed by atoms with van der Waals surface area (Å²) in [5, 5.41) is 13.0. The fraction of sp³-hybridized carbons (Fsp3) is 0.333. The molecule has 0 saturated carbocycles. The molecule has 3 aromatic rings. The van der Waals surface area contributed by atoms with E-state index in [1.54, 1.807) is 20.2 Å². The lowest BCUT2D eigenvalue weighted by molar-refractivity contribution is -0.140. The predicted octanol–water partition coefficient (Wildman–Crippen LogP) is 3.64. The molecule has 214 valence electrons. The van der Waals surface area contributed by atoms with Crippen LogP contribution in [0.5, 0.6) is 5.88 Å². The standard InChI is InChI=1S/C30H32ClN5O5/c1-17-20(7-6-10-24(17)32-27(38)23-16-34(2)30(40)35(3)29(23)39)21-8-5-9-22(26(21)31)25-12-11-18(28(33-25)41-4)13-36-14-19(37)15-36/h5-12,19,23,37H,13-16H2,1-4H3,(H,32,38). The molecule has 10 nitrogen and oxygen atoms in total. The van der Waals surface area contributed by atoms with E-state index in [0.29, 0.717) is 41.9 Å². The molecule has 1 unspecified atom stereocenters. The van der Waals surface area contributed by atoms with Gasteiger partial charge in [0.1, 0.15) is 5.92 Å². The molecule has 1 atom stereocenters. The number of halogens is 1. The number of β-amino-alcohol motifs (C(OH)–C–C–N with tert-alkyl or cyclic N) is 1. The first kappa shape index (κ1) is 28.5. The van der Waals surface area contributed by atoms with E-state index in [9.17, 15) is 19.5 Å². The third-order valence-electron chi connectivity index (χ3n) is 7.64. The Morgan fingerprint density at radius 3 is 2.44 bits per heavy atom. The molecule has 2 N–H and O–H groups in total. The maximum Gasteiger partial charge on any atom is 0.326 e. The molecule has 11 heteroatoms. The van der Waals surface area contributed by atoms with Crippen LogP contribution in [0, 0.1) is 12.8 Å². The summed E-state index contributed by atoms with van der Waals surface area (Å²) < 4.78 is 5.57. The average molecular weight is 578 g/mol. The summed E-state index contributed by atoms with van der Waals surface area (Å²) in [6.45, 7) is 3.77. The number of hydrogen-bond acceptors (Lipinski definition) is 7. The number of aromatic nitrogens is 1. The number of hydrogen-bond donors (Lipinski definition) is 2. The lowest BCUT2D eigenvalue weighted by Crippen LogP contribution is -2.56. The van der Waals surface area contributed by atoms with E-state index >= 15 is 0 Å². The van der Waals surface area contributed by atoms with E-state index in [0.717, 1.165) is 32.7 Å². The van der Waals surface area contributed by atoms with Crippen molar-refractivity contribution in [2.45, 2.75) is 19.6 Å². The first-order chi connectivity index (χ1) is 19.6. The second-order valence-electron chi connectivity index (χ2n) is 10.5. The maximum absolute atomic E-state index is 13.1. The summed E-state index contributed by atoms with van der Waals surface area (Å²) in [6.07, 6.45) is -0.283. The van der Waals surface area contributed by atoms with E-state index in [-0.39, 0.29) is 12.6 Å². The minimum absolute atomic E-state index is 0.00961. The van der Waals surface area contributed by atoms with E-state index in [1.165, 1.54) is 11.9 Å². The zero-order valence-corrected chi connectivity index (χ0v) is 24.1. The van der Waals surface area contributed by atoms with Crippen molar-refractivity contribution in [2.24, 2.45) is 5.92 Å². The minimum atomic E-state index is -1.01. The third-order valence-corrected chi connectivity index (χ3v) is 8.04. The number of aliphatic hydroxyl groups is 1. The van der Waals surface area contributed by atoms with Crippen molar-refractivity contribution in [3.05, 3.63) is 64.7 Å². The van der Waals surface area contributed by atoms with Crippen molar-refractivity contribution in [3.63, 3.8) is 0 Å². The number of anilines is 1. The average Bonchev–Trinajstić information content (AvgIpc) is 2.94. The SMILES string of the molecule is COc1nc(-c2cccc(-c3cccc(NC(=O)C4CN(C)C(=O)N(C)C4=O)c3C)c2Cl)ccc1CN1CC(O)C1. The number of methoxy groups -OCH3 is 1. The van der Waals surface area contributed by atoms with E-state index in [4.69, 9.17) is 21.3 Å². The normalized spacial score (nSPS) is 18.0. The van der Waals surface area contributed by atoms with Crippen molar-refractivity contribution in [1.29, 1.82) is 0 Å². The highest BCUT2D eigenvalue weighted by atomic mass is 35.5. The van der Waals surface area contributed by atoms with Crippen molar-refractivity contribution >= 4 is 35.1 Å². The van der Waals surface area contributed by atoms with Crippen molar-refractivity contribution < 1.29 is 24.2 Å². The molecule has 41 heavy (non-hydrogen) atoms. The van der Waals surface area contributed by atoms with Crippen LogP contribution in [0.4, 0.5) is 10.5 Å². The minimum Gasteiger partial charge on any atom is -0.481 e. The molecule has 2 aliphatic rings. The van der Waals surface area contributed by atoms with Crippen LogP contribution in [-0.2, 0) is 16.1 Å². The van der Waals surface area contributed by atoms with Gasteiger partial charge in [0.2, 0.25) is 17.7 Å². The highest BCUT2D eigenvalue weighted by Crippen LogP contribution is 2.39. The van der Waals surface area contributed by atoms with Crippen molar-refractivity contribution in [3.8, 4) is 28.3 Å². The molecule has 2 saturated heterocycles. The molecular weight excluding hydrogens is 546 g/mol. The van der Waals surface area contributed by atoms with Crippen LogP contribution < -0.4 is 10.1 Å². The lowest BCUT2D eigenvalue weighted by atomic mass is 9.96. The van der Waals surface area contributed by atoms with Crippen molar-refractivity contribution in [2.75, 3.05) is 46.2 Å². The largest absolute Gasteiger partial charge is 0.481 e. The van der Waals surface area contributed by atoms with Gasteiger partial charge in [-0.15, -0.1) is 0 Å². The van der Waals surface area contributed by atoms with Crippen LogP contribution in [0.3, 0.4) is 0 Å². The summed E-state index contributed by atoms with van der Waals surface area (Å²) in [4.78, 5) is 47.0.